The monoisotopic (exact) mass is 290 g/mol. The van der Waals surface area contributed by atoms with E-state index >= 15 is 0 Å². The molecule has 0 saturated heterocycles. The van der Waals surface area contributed by atoms with Gasteiger partial charge in [-0.15, -0.1) is 0 Å². The lowest BCUT2D eigenvalue weighted by atomic mass is 9.66. The molecule has 0 amide bonds. The van der Waals surface area contributed by atoms with Crippen molar-refractivity contribution < 1.29 is 0 Å². The largest absolute Gasteiger partial charge is 0.316 e. The van der Waals surface area contributed by atoms with Gasteiger partial charge in [0.05, 0.1) is 0 Å². The summed E-state index contributed by atoms with van der Waals surface area (Å²) in [5.74, 6) is 3.99. The first kappa shape index (κ1) is 15.0. The van der Waals surface area contributed by atoms with Crippen LogP contribution >= 0.6 is 0 Å². The summed E-state index contributed by atoms with van der Waals surface area (Å²) in [7, 11) is 2.12. The maximum absolute atomic E-state index is 4.46. The first-order chi connectivity index (χ1) is 10.3. The number of hydrogen-bond acceptors (Lipinski definition) is 3. The van der Waals surface area contributed by atoms with Crippen LogP contribution in [0.3, 0.4) is 0 Å². The normalized spacial score (nSPS) is 30.9. The van der Waals surface area contributed by atoms with Crippen molar-refractivity contribution in [1.82, 2.24) is 20.1 Å². The van der Waals surface area contributed by atoms with E-state index in [1.807, 2.05) is 4.68 Å². The number of aromatic nitrogens is 3. The molecule has 0 aromatic carbocycles. The van der Waals surface area contributed by atoms with Crippen LogP contribution in [0.15, 0.2) is 6.33 Å². The molecule has 2 aliphatic rings. The Morgan fingerprint density at radius 3 is 2.81 bits per heavy atom. The van der Waals surface area contributed by atoms with Gasteiger partial charge in [0.1, 0.15) is 12.2 Å². The van der Waals surface area contributed by atoms with E-state index in [2.05, 4.69) is 29.4 Å². The fourth-order valence-corrected chi connectivity index (χ4v) is 4.69. The molecule has 1 N–H and O–H groups in total. The van der Waals surface area contributed by atoms with Crippen molar-refractivity contribution in [3.63, 3.8) is 0 Å². The molecule has 4 atom stereocenters. The van der Waals surface area contributed by atoms with Crippen LogP contribution in [0.25, 0.3) is 0 Å². The van der Waals surface area contributed by atoms with Gasteiger partial charge in [-0.3, -0.25) is 4.68 Å². The average molecular weight is 290 g/mol. The number of rotatable bonds is 5. The maximum Gasteiger partial charge on any atom is 0.138 e. The number of fused-ring (bicyclic) bond motifs is 1. The predicted molar refractivity (Wildman–Crippen MR) is 85.0 cm³/mol. The molecule has 3 rings (SSSR count). The highest BCUT2D eigenvalue weighted by Gasteiger charge is 2.35. The van der Waals surface area contributed by atoms with Gasteiger partial charge in [-0.2, -0.15) is 5.10 Å². The molecule has 1 aromatic heterocycles. The van der Waals surface area contributed by atoms with Crippen LogP contribution in [-0.4, -0.2) is 27.9 Å². The minimum absolute atomic E-state index is 0.558. The van der Waals surface area contributed by atoms with E-state index in [0.717, 1.165) is 36.5 Å². The Hall–Kier alpha value is -0.900. The summed E-state index contributed by atoms with van der Waals surface area (Å²) in [6.45, 7) is 3.06. The van der Waals surface area contributed by atoms with Crippen LogP contribution in [0, 0.1) is 17.8 Å². The molecule has 1 heterocycles. The van der Waals surface area contributed by atoms with Crippen molar-refractivity contribution in [2.24, 2.45) is 17.8 Å². The molecule has 4 nitrogen and oxygen atoms in total. The van der Waals surface area contributed by atoms with Crippen molar-refractivity contribution in [3.8, 4) is 0 Å². The number of nitrogens with zero attached hydrogens (tertiary/aromatic N) is 3. The molecule has 0 bridgehead atoms. The van der Waals surface area contributed by atoms with E-state index in [9.17, 15) is 0 Å². The van der Waals surface area contributed by atoms with Crippen LogP contribution in [0.4, 0.5) is 0 Å². The lowest BCUT2D eigenvalue weighted by Gasteiger charge is -2.42. The average Bonchev–Trinajstić information content (AvgIpc) is 2.99. The van der Waals surface area contributed by atoms with Gasteiger partial charge in [0.2, 0.25) is 0 Å². The van der Waals surface area contributed by atoms with Gasteiger partial charge in [-0.25, -0.2) is 4.98 Å². The lowest BCUT2D eigenvalue weighted by Crippen LogP contribution is -2.41. The molecule has 2 fully saturated rings. The van der Waals surface area contributed by atoms with Gasteiger partial charge in [0, 0.05) is 19.0 Å². The van der Waals surface area contributed by atoms with Crippen molar-refractivity contribution >= 4 is 0 Å². The zero-order valence-electron chi connectivity index (χ0n) is 13.6. The molecular weight excluding hydrogens is 260 g/mol. The van der Waals surface area contributed by atoms with Crippen LogP contribution in [0.2, 0.25) is 0 Å². The summed E-state index contributed by atoms with van der Waals surface area (Å²) in [6.07, 6.45) is 12.9. The first-order valence-corrected chi connectivity index (χ1v) is 8.85. The minimum Gasteiger partial charge on any atom is -0.316 e. The molecule has 4 unspecified atom stereocenters. The van der Waals surface area contributed by atoms with E-state index in [1.54, 1.807) is 6.33 Å². The second-order valence-electron chi connectivity index (χ2n) is 6.97. The first-order valence-electron chi connectivity index (χ1n) is 8.85. The van der Waals surface area contributed by atoms with Crippen LogP contribution in [0.1, 0.15) is 57.7 Å². The molecule has 118 valence electrons. The highest BCUT2D eigenvalue weighted by molar-refractivity contribution is 4.95. The summed E-state index contributed by atoms with van der Waals surface area (Å²) in [6, 6.07) is 0.558. The predicted octanol–water partition coefficient (Wildman–Crippen LogP) is 3.04. The quantitative estimate of drug-likeness (QED) is 0.906. The van der Waals surface area contributed by atoms with Crippen molar-refractivity contribution in [2.75, 3.05) is 7.05 Å². The summed E-state index contributed by atoms with van der Waals surface area (Å²) in [5.41, 5.74) is 0. The standard InChI is InChI=1S/C17H30N4/c1-3-21-17(19-12-20-21)11-16(18-2)15-9-8-13-6-4-5-7-14(13)10-15/h12-16,18H,3-11H2,1-2H3. The molecular formula is C17H30N4. The van der Waals surface area contributed by atoms with E-state index < -0.39 is 0 Å². The summed E-state index contributed by atoms with van der Waals surface area (Å²) in [4.78, 5) is 4.46. The van der Waals surface area contributed by atoms with Gasteiger partial charge >= 0.3 is 0 Å². The van der Waals surface area contributed by atoms with Crippen molar-refractivity contribution in [2.45, 2.75) is 70.9 Å². The molecule has 1 aromatic rings. The second-order valence-corrected chi connectivity index (χ2v) is 6.97. The Morgan fingerprint density at radius 2 is 2.05 bits per heavy atom. The van der Waals surface area contributed by atoms with E-state index in [1.165, 1.54) is 44.9 Å². The Morgan fingerprint density at radius 1 is 1.24 bits per heavy atom. The third-order valence-corrected chi connectivity index (χ3v) is 5.92. The molecule has 21 heavy (non-hydrogen) atoms. The molecule has 0 radical (unpaired) electrons. The van der Waals surface area contributed by atoms with Gasteiger partial charge in [-0.05, 0) is 51.0 Å². The topological polar surface area (TPSA) is 42.7 Å². The van der Waals surface area contributed by atoms with Gasteiger partial charge in [0.25, 0.3) is 0 Å². The molecule has 0 spiro atoms. The maximum atomic E-state index is 4.46. The van der Waals surface area contributed by atoms with Crippen LogP contribution in [-0.2, 0) is 13.0 Å². The van der Waals surface area contributed by atoms with E-state index in [-0.39, 0.29) is 0 Å². The fourth-order valence-electron chi connectivity index (χ4n) is 4.69. The summed E-state index contributed by atoms with van der Waals surface area (Å²) in [5, 5.41) is 7.89. The van der Waals surface area contributed by atoms with Crippen LogP contribution < -0.4 is 5.32 Å². The van der Waals surface area contributed by atoms with Gasteiger partial charge in [0.15, 0.2) is 0 Å². The lowest BCUT2D eigenvalue weighted by molar-refractivity contribution is 0.110. The second kappa shape index (κ2) is 6.91. The molecule has 2 saturated carbocycles. The van der Waals surface area contributed by atoms with Gasteiger partial charge < -0.3 is 5.32 Å². The third-order valence-electron chi connectivity index (χ3n) is 5.92. The van der Waals surface area contributed by atoms with Gasteiger partial charge in [-0.1, -0.05) is 25.7 Å². The SMILES string of the molecule is CCn1ncnc1CC(NC)C1CCC2CCCCC2C1. The summed E-state index contributed by atoms with van der Waals surface area (Å²) >= 11 is 0. The number of aryl methyl sites for hydroxylation is 1. The molecule has 0 aliphatic heterocycles. The Balaban J connectivity index is 1.63. The Bertz CT molecular complexity index is 442. The number of likely N-dealkylation sites (N-methyl/N-ethyl adjacent to an activating group) is 1. The van der Waals surface area contributed by atoms with Crippen molar-refractivity contribution in [3.05, 3.63) is 12.2 Å². The molecule has 2 aliphatic carbocycles. The van der Waals surface area contributed by atoms with E-state index in [4.69, 9.17) is 0 Å². The third kappa shape index (κ3) is 3.31. The minimum atomic E-state index is 0.558. The zero-order chi connectivity index (χ0) is 14.7. The van der Waals surface area contributed by atoms with Crippen LogP contribution in [0.5, 0.6) is 0 Å². The van der Waals surface area contributed by atoms with E-state index in [0.29, 0.717) is 6.04 Å². The Labute approximate surface area is 128 Å². The molecule has 4 heteroatoms. The fraction of sp³-hybridized carbons (Fsp3) is 0.882. The Kier molecular flexibility index (Phi) is 4.94. The number of hydrogen-bond donors (Lipinski definition) is 1. The summed E-state index contributed by atoms with van der Waals surface area (Å²) < 4.78 is 2.04. The van der Waals surface area contributed by atoms with Crippen molar-refractivity contribution in [1.29, 1.82) is 0 Å². The smallest absolute Gasteiger partial charge is 0.138 e. The number of nitrogens with one attached hydrogen (secondary N) is 1. The highest BCUT2D eigenvalue weighted by atomic mass is 15.3. The highest BCUT2D eigenvalue weighted by Crippen LogP contribution is 2.43. The zero-order valence-corrected chi connectivity index (χ0v) is 13.6.